The minimum absolute atomic E-state index is 0.00427. The third kappa shape index (κ3) is 5.29. The number of nitro groups is 1. The molecule has 1 N–H and O–H groups in total. The maximum atomic E-state index is 12.3. The molecule has 2 amide bonds. The zero-order chi connectivity index (χ0) is 20.8. The Morgan fingerprint density at radius 3 is 2.36 bits per heavy atom. The average Bonchev–Trinajstić information content (AvgIpc) is 2.62. The second-order valence-electron chi connectivity index (χ2n) is 6.59. The maximum absolute atomic E-state index is 12.3. The van der Waals surface area contributed by atoms with Gasteiger partial charge in [-0.05, 0) is 38.0 Å². The first-order valence-electron chi connectivity index (χ1n) is 8.67. The molecular weight excluding hydrogens is 362 g/mol. The number of benzene rings is 2. The molecule has 0 radical (unpaired) electrons. The molecule has 0 atom stereocenters. The Balaban J connectivity index is 1.94. The number of anilines is 1. The smallest absolute Gasteiger partial charge is 0.310 e. The SMILES string of the molecule is Cc1cc(C)c(NC(=O)CN(C)C(=O)COc2ccccc2[N+](=O)[O-])c(C)c1. The minimum atomic E-state index is -0.580. The Bertz CT molecular complexity index is 887. The molecule has 0 unspecified atom stereocenters. The summed E-state index contributed by atoms with van der Waals surface area (Å²) in [6.45, 7) is 5.23. The summed E-state index contributed by atoms with van der Waals surface area (Å²) in [6.07, 6.45) is 0. The number of ether oxygens (including phenoxy) is 1. The molecule has 8 nitrogen and oxygen atoms in total. The van der Waals surface area contributed by atoms with Crippen LogP contribution in [0.3, 0.4) is 0 Å². The number of para-hydroxylation sites is 2. The van der Waals surface area contributed by atoms with Crippen LogP contribution in [-0.2, 0) is 9.59 Å². The highest BCUT2D eigenvalue weighted by Gasteiger charge is 2.18. The van der Waals surface area contributed by atoms with E-state index in [9.17, 15) is 19.7 Å². The summed E-state index contributed by atoms with van der Waals surface area (Å²) in [4.78, 5) is 36.1. The fraction of sp³-hybridized carbons (Fsp3) is 0.300. The van der Waals surface area contributed by atoms with Crippen molar-refractivity contribution < 1.29 is 19.2 Å². The lowest BCUT2D eigenvalue weighted by Gasteiger charge is -2.18. The lowest BCUT2D eigenvalue weighted by Crippen LogP contribution is -2.37. The molecule has 0 spiro atoms. The van der Waals surface area contributed by atoms with Crippen LogP contribution < -0.4 is 10.1 Å². The third-order valence-electron chi connectivity index (χ3n) is 4.16. The van der Waals surface area contributed by atoms with E-state index in [1.807, 2.05) is 32.9 Å². The number of hydrogen-bond donors (Lipinski definition) is 1. The van der Waals surface area contributed by atoms with Gasteiger partial charge in [-0.15, -0.1) is 0 Å². The number of rotatable bonds is 7. The van der Waals surface area contributed by atoms with E-state index in [0.717, 1.165) is 22.4 Å². The highest BCUT2D eigenvalue weighted by Crippen LogP contribution is 2.25. The number of likely N-dealkylation sites (N-methyl/N-ethyl adjacent to an activating group) is 1. The van der Waals surface area contributed by atoms with E-state index >= 15 is 0 Å². The van der Waals surface area contributed by atoms with E-state index in [1.54, 1.807) is 6.07 Å². The number of carbonyl (C=O) groups is 2. The molecule has 0 aliphatic carbocycles. The predicted molar refractivity (Wildman–Crippen MR) is 106 cm³/mol. The molecule has 148 valence electrons. The van der Waals surface area contributed by atoms with Crippen LogP contribution in [0, 0.1) is 30.9 Å². The first kappa shape index (κ1) is 20.9. The van der Waals surface area contributed by atoms with Gasteiger partial charge in [0.05, 0.1) is 11.5 Å². The summed E-state index contributed by atoms with van der Waals surface area (Å²) in [6, 6.07) is 9.75. The molecule has 0 aliphatic rings. The number of nitrogens with zero attached hydrogens (tertiary/aromatic N) is 2. The Morgan fingerprint density at radius 2 is 1.75 bits per heavy atom. The number of hydrogen-bond acceptors (Lipinski definition) is 5. The molecule has 2 rings (SSSR count). The normalized spacial score (nSPS) is 10.3. The summed E-state index contributed by atoms with van der Waals surface area (Å²) in [5.74, 6) is -0.799. The zero-order valence-electron chi connectivity index (χ0n) is 16.3. The third-order valence-corrected chi connectivity index (χ3v) is 4.16. The summed E-state index contributed by atoms with van der Waals surface area (Å²) in [5.41, 5.74) is 3.50. The lowest BCUT2D eigenvalue weighted by atomic mass is 10.1. The predicted octanol–water partition coefficient (Wildman–Crippen LogP) is 3.00. The molecule has 0 fully saturated rings. The van der Waals surface area contributed by atoms with Crippen molar-refractivity contribution in [2.24, 2.45) is 0 Å². The van der Waals surface area contributed by atoms with Gasteiger partial charge < -0.3 is 15.0 Å². The van der Waals surface area contributed by atoms with Crippen molar-refractivity contribution in [2.75, 3.05) is 25.5 Å². The second-order valence-corrected chi connectivity index (χ2v) is 6.59. The number of amides is 2. The van der Waals surface area contributed by atoms with E-state index in [4.69, 9.17) is 4.74 Å². The Morgan fingerprint density at radius 1 is 1.14 bits per heavy atom. The molecular formula is C20H23N3O5. The Kier molecular flexibility index (Phi) is 6.70. The van der Waals surface area contributed by atoms with Crippen LogP contribution in [0.5, 0.6) is 5.75 Å². The van der Waals surface area contributed by atoms with Crippen molar-refractivity contribution in [1.29, 1.82) is 0 Å². The topological polar surface area (TPSA) is 102 Å². The molecule has 2 aromatic carbocycles. The minimum Gasteiger partial charge on any atom is -0.477 e. The largest absolute Gasteiger partial charge is 0.477 e. The monoisotopic (exact) mass is 385 g/mol. The number of nitrogens with one attached hydrogen (secondary N) is 1. The molecule has 0 bridgehead atoms. The first-order valence-corrected chi connectivity index (χ1v) is 8.67. The molecule has 28 heavy (non-hydrogen) atoms. The second kappa shape index (κ2) is 8.98. The van der Waals surface area contributed by atoms with Gasteiger partial charge in [-0.1, -0.05) is 29.8 Å². The van der Waals surface area contributed by atoms with Crippen molar-refractivity contribution in [3.8, 4) is 5.75 Å². The fourth-order valence-electron chi connectivity index (χ4n) is 2.84. The number of carbonyl (C=O) groups excluding carboxylic acids is 2. The highest BCUT2D eigenvalue weighted by molar-refractivity contribution is 5.95. The molecule has 0 saturated heterocycles. The Labute approximate surface area is 163 Å². The summed E-state index contributed by atoms with van der Waals surface area (Å²) in [5, 5.41) is 13.8. The van der Waals surface area contributed by atoms with Crippen molar-refractivity contribution in [2.45, 2.75) is 20.8 Å². The van der Waals surface area contributed by atoms with Crippen LogP contribution in [0.15, 0.2) is 36.4 Å². The zero-order valence-corrected chi connectivity index (χ0v) is 16.3. The lowest BCUT2D eigenvalue weighted by molar-refractivity contribution is -0.385. The van der Waals surface area contributed by atoms with Crippen LogP contribution in [0.4, 0.5) is 11.4 Å². The number of nitro benzene ring substituents is 1. The van der Waals surface area contributed by atoms with Gasteiger partial charge in [-0.2, -0.15) is 0 Å². The van der Waals surface area contributed by atoms with Gasteiger partial charge in [0.1, 0.15) is 0 Å². The molecule has 8 heteroatoms. The Hall–Kier alpha value is -3.42. The summed E-state index contributed by atoms with van der Waals surface area (Å²) in [7, 11) is 1.47. The average molecular weight is 385 g/mol. The molecule has 0 aliphatic heterocycles. The fourth-order valence-corrected chi connectivity index (χ4v) is 2.84. The molecule has 0 heterocycles. The quantitative estimate of drug-likeness (QED) is 0.583. The van der Waals surface area contributed by atoms with Gasteiger partial charge in [0.2, 0.25) is 5.91 Å². The van der Waals surface area contributed by atoms with E-state index in [2.05, 4.69) is 5.32 Å². The van der Waals surface area contributed by atoms with E-state index in [0.29, 0.717) is 0 Å². The van der Waals surface area contributed by atoms with Gasteiger partial charge in [0, 0.05) is 18.8 Å². The summed E-state index contributed by atoms with van der Waals surface area (Å²) < 4.78 is 5.27. The van der Waals surface area contributed by atoms with Crippen molar-refractivity contribution in [1.82, 2.24) is 4.90 Å². The van der Waals surface area contributed by atoms with Crippen LogP contribution in [0.2, 0.25) is 0 Å². The van der Waals surface area contributed by atoms with Gasteiger partial charge in [0.15, 0.2) is 12.4 Å². The van der Waals surface area contributed by atoms with E-state index in [1.165, 1.54) is 30.1 Å². The first-order chi connectivity index (χ1) is 13.2. The van der Waals surface area contributed by atoms with E-state index in [-0.39, 0.29) is 23.9 Å². The number of aryl methyl sites for hydroxylation is 3. The van der Waals surface area contributed by atoms with Gasteiger partial charge in [-0.25, -0.2) is 0 Å². The van der Waals surface area contributed by atoms with E-state index < -0.39 is 17.4 Å². The maximum Gasteiger partial charge on any atom is 0.310 e. The van der Waals surface area contributed by atoms with Crippen LogP contribution >= 0.6 is 0 Å². The van der Waals surface area contributed by atoms with Crippen molar-refractivity contribution >= 4 is 23.2 Å². The van der Waals surface area contributed by atoms with Crippen LogP contribution in [-0.4, -0.2) is 41.8 Å². The van der Waals surface area contributed by atoms with Crippen molar-refractivity contribution in [3.05, 3.63) is 63.2 Å². The standard InChI is InChI=1S/C20H23N3O5/c1-13-9-14(2)20(15(3)10-13)21-18(24)11-22(4)19(25)12-28-17-8-6-5-7-16(17)23(26)27/h5-10H,11-12H2,1-4H3,(H,21,24). The van der Waals surface area contributed by atoms with Gasteiger partial charge in [0.25, 0.3) is 5.91 Å². The van der Waals surface area contributed by atoms with Gasteiger partial charge >= 0.3 is 5.69 Å². The van der Waals surface area contributed by atoms with Crippen LogP contribution in [0.1, 0.15) is 16.7 Å². The van der Waals surface area contributed by atoms with Gasteiger partial charge in [-0.3, -0.25) is 19.7 Å². The molecule has 0 aromatic heterocycles. The molecule has 0 saturated carbocycles. The molecule has 2 aromatic rings. The van der Waals surface area contributed by atoms with Crippen LogP contribution in [0.25, 0.3) is 0 Å². The highest BCUT2D eigenvalue weighted by atomic mass is 16.6. The van der Waals surface area contributed by atoms with Crippen molar-refractivity contribution in [3.63, 3.8) is 0 Å². The summed E-state index contributed by atoms with van der Waals surface area (Å²) >= 11 is 0.